The first-order valence-electron chi connectivity index (χ1n) is 29.4. The summed E-state index contributed by atoms with van der Waals surface area (Å²) in [5.74, 6) is -1.64. The molecule has 0 aromatic rings. The van der Waals surface area contributed by atoms with E-state index < -0.39 is 64.4 Å². The van der Waals surface area contributed by atoms with Crippen molar-refractivity contribution in [3.05, 3.63) is 158 Å². The molecule has 0 aliphatic rings. The number of esters is 3. The molecular weight excluding hydrogens is 1000 g/mol. The Morgan fingerprint density at radius 2 is 0.692 bits per heavy atom. The van der Waals surface area contributed by atoms with Crippen molar-refractivity contribution in [1.29, 1.82) is 0 Å². The SMILES string of the molecule is CC/C=C\C/C=C\C/C=C\C/C=C\C/C=C\C/C=C\CCC(=O)OCC(COP(=O)(O)OCC(CO)OC(=O)CCCCCCC/C=C\C/C=C\CCC)OC(=O)CCCCC/C=C\C/C=C\C/C=C\C/C=C\C/C=C\CC. The normalized spacial score (nSPS) is 14.5. The number of allylic oxidation sites excluding steroid dienone is 26. The number of ether oxygens (including phenoxy) is 3. The molecule has 3 atom stereocenters. The van der Waals surface area contributed by atoms with Crippen LogP contribution in [0.3, 0.4) is 0 Å². The number of unbranched alkanes of at least 4 members (excludes halogenated alkanes) is 9. The second-order valence-electron chi connectivity index (χ2n) is 18.7. The fourth-order valence-corrected chi connectivity index (χ4v) is 7.82. The maximum Gasteiger partial charge on any atom is 0.472 e. The topological polar surface area (TPSA) is 155 Å². The van der Waals surface area contributed by atoms with Gasteiger partial charge in [-0.3, -0.25) is 23.4 Å². The van der Waals surface area contributed by atoms with Gasteiger partial charge >= 0.3 is 25.7 Å². The summed E-state index contributed by atoms with van der Waals surface area (Å²) >= 11 is 0. The number of rotatable bonds is 52. The molecule has 0 amide bonds. The summed E-state index contributed by atoms with van der Waals surface area (Å²) < 4.78 is 39.4. The smallest absolute Gasteiger partial charge is 0.462 e. The first kappa shape index (κ1) is 73.1. The monoisotopic (exact) mass is 1100 g/mol. The van der Waals surface area contributed by atoms with E-state index in [1.165, 1.54) is 0 Å². The van der Waals surface area contributed by atoms with Gasteiger partial charge in [-0.25, -0.2) is 4.57 Å². The summed E-state index contributed by atoms with van der Waals surface area (Å²) in [7, 11) is -4.79. The number of carbonyl (C=O) groups excluding carboxylic acids is 3. The second-order valence-corrected chi connectivity index (χ2v) is 20.1. The van der Waals surface area contributed by atoms with Gasteiger partial charge in [-0.1, -0.05) is 211 Å². The van der Waals surface area contributed by atoms with Crippen LogP contribution < -0.4 is 0 Å². The van der Waals surface area contributed by atoms with Crippen molar-refractivity contribution in [2.45, 2.75) is 213 Å². The summed E-state index contributed by atoms with van der Waals surface area (Å²) in [5, 5.41) is 9.81. The molecule has 0 aliphatic heterocycles. The lowest BCUT2D eigenvalue weighted by Crippen LogP contribution is -2.30. The van der Waals surface area contributed by atoms with Gasteiger partial charge in [-0.05, 0) is 128 Å². The highest BCUT2D eigenvalue weighted by Gasteiger charge is 2.28. The van der Waals surface area contributed by atoms with Crippen LogP contribution in [-0.2, 0) is 42.2 Å². The first-order valence-corrected chi connectivity index (χ1v) is 30.9. The van der Waals surface area contributed by atoms with Gasteiger partial charge in [0.25, 0.3) is 0 Å². The molecule has 0 spiro atoms. The van der Waals surface area contributed by atoms with E-state index in [-0.39, 0.29) is 19.3 Å². The maximum absolute atomic E-state index is 12.9. The van der Waals surface area contributed by atoms with Crippen LogP contribution in [0.15, 0.2) is 158 Å². The Kier molecular flexibility index (Phi) is 54.6. The van der Waals surface area contributed by atoms with Crippen LogP contribution in [0.5, 0.6) is 0 Å². The van der Waals surface area contributed by atoms with Gasteiger partial charge in [0.2, 0.25) is 0 Å². The number of phosphoric ester groups is 1. The van der Waals surface area contributed by atoms with E-state index in [0.717, 1.165) is 141 Å². The molecule has 3 unspecified atom stereocenters. The van der Waals surface area contributed by atoms with Gasteiger partial charge in [0.1, 0.15) is 12.7 Å². The average molecular weight is 1100 g/mol. The van der Waals surface area contributed by atoms with Gasteiger partial charge in [0.15, 0.2) is 6.10 Å². The molecule has 11 nitrogen and oxygen atoms in total. The van der Waals surface area contributed by atoms with Crippen molar-refractivity contribution in [1.82, 2.24) is 0 Å². The minimum Gasteiger partial charge on any atom is -0.462 e. The number of phosphoric acid groups is 1. The molecule has 0 radical (unpaired) electrons. The zero-order chi connectivity index (χ0) is 56.9. The highest BCUT2D eigenvalue weighted by atomic mass is 31.2. The lowest BCUT2D eigenvalue weighted by atomic mass is 10.1. The quantitative estimate of drug-likeness (QED) is 0.0197. The van der Waals surface area contributed by atoms with E-state index in [9.17, 15) is 28.9 Å². The predicted octanol–water partition coefficient (Wildman–Crippen LogP) is 17.7. The predicted molar refractivity (Wildman–Crippen MR) is 325 cm³/mol. The number of aliphatic hydroxyl groups excluding tert-OH is 1. The number of hydrogen-bond acceptors (Lipinski definition) is 10. The van der Waals surface area contributed by atoms with Gasteiger partial charge in [-0.2, -0.15) is 0 Å². The fourth-order valence-electron chi connectivity index (χ4n) is 7.03. The van der Waals surface area contributed by atoms with Crippen LogP contribution in [-0.4, -0.2) is 66.5 Å². The molecular formula is C66H103O11P. The molecule has 0 rings (SSSR count). The molecule has 0 bridgehead atoms. The Morgan fingerprint density at radius 1 is 0.372 bits per heavy atom. The summed E-state index contributed by atoms with van der Waals surface area (Å²) in [6.07, 6.45) is 76.4. The molecule has 0 aromatic carbocycles. The second kappa shape index (κ2) is 58.3. The standard InChI is InChI=1S/C66H103O11P/c1-4-7-10-13-16-19-22-25-27-29-31-33-35-38-40-43-46-49-52-55-64(68)73-59-63(77-66(70)57-54-51-48-45-42-39-36-34-32-30-28-26-23-20-17-14-11-8-5-2)61-75-78(71,72)74-60-62(58-67)76-65(69)56-53-50-47-44-41-37-24-21-18-15-12-9-6-3/h7-8,10-12,15-17,19-21,24-28,31-34,38-40,42,46,49,62-63,67H,4-6,9,13-14,18,22-23,29-30,35-37,41,43-45,47-48,50-61H2,1-3H3,(H,71,72)/b10-7-,11-8-,15-12-,19-16-,20-17-,24-21-,27-25-,28-26-,33-31-,34-32-,40-38-,42-39-,49-46-. The molecule has 438 valence electrons. The van der Waals surface area contributed by atoms with E-state index in [4.69, 9.17) is 23.3 Å². The van der Waals surface area contributed by atoms with E-state index in [1.54, 1.807) is 0 Å². The van der Waals surface area contributed by atoms with Gasteiger partial charge in [0.05, 0.1) is 19.8 Å². The van der Waals surface area contributed by atoms with E-state index in [2.05, 4.69) is 167 Å². The largest absolute Gasteiger partial charge is 0.472 e. The van der Waals surface area contributed by atoms with Crippen LogP contribution in [0.1, 0.15) is 201 Å². The third-order valence-electron chi connectivity index (χ3n) is 11.4. The summed E-state index contributed by atoms with van der Waals surface area (Å²) in [6, 6.07) is 0. The molecule has 2 N–H and O–H groups in total. The van der Waals surface area contributed by atoms with Crippen molar-refractivity contribution in [3.63, 3.8) is 0 Å². The van der Waals surface area contributed by atoms with Crippen LogP contribution in [0.25, 0.3) is 0 Å². The van der Waals surface area contributed by atoms with Gasteiger partial charge in [0, 0.05) is 19.3 Å². The van der Waals surface area contributed by atoms with Crippen LogP contribution in [0, 0.1) is 0 Å². The molecule has 0 aliphatic carbocycles. The van der Waals surface area contributed by atoms with Crippen LogP contribution >= 0.6 is 7.82 Å². The lowest BCUT2D eigenvalue weighted by molar-refractivity contribution is -0.161. The highest BCUT2D eigenvalue weighted by molar-refractivity contribution is 7.47. The molecule has 0 saturated carbocycles. The van der Waals surface area contributed by atoms with E-state index >= 15 is 0 Å². The molecule has 0 heterocycles. The zero-order valence-electron chi connectivity index (χ0n) is 48.3. The Bertz CT molecular complexity index is 1910. The molecule has 12 heteroatoms. The Labute approximate surface area is 473 Å². The summed E-state index contributed by atoms with van der Waals surface area (Å²) in [4.78, 5) is 48.6. The minimum absolute atomic E-state index is 0.0833. The third-order valence-corrected chi connectivity index (χ3v) is 12.4. The molecule has 0 fully saturated rings. The Balaban J connectivity index is 4.94. The lowest BCUT2D eigenvalue weighted by Gasteiger charge is -2.21. The first-order chi connectivity index (χ1) is 38.2. The van der Waals surface area contributed by atoms with Crippen molar-refractivity contribution < 1.29 is 52.2 Å². The van der Waals surface area contributed by atoms with Gasteiger partial charge in [-0.15, -0.1) is 0 Å². The number of hydrogen-bond donors (Lipinski definition) is 2. The third kappa shape index (κ3) is 55.8. The summed E-state index contributed by atoms with van der Waals surface area (Å²) in [6.45, 7) is 4.18. The molecule has 0 saturated heterocycles. The number of carbonyl (C=O) groups is 3. The van der Waals surface area contributed by atoms with E-state index in [0.29, 0.717) is 19.3 Å². The Morgan fingerprint density at radius 3 is 1.09 bits per heavy atom. The maximum atomic E-state index is 12.9. The van der Waals surface area contributed by atoms with Crippen molar-refractivity contribution >= 4 is 25.7 Å². The highest BCUT2D eigenvalue weighted by Crippen LogP contribution is 2.43. The van der Waals surface area contributed by atoms with Crippen molar-refractivity contribution in [2.75, 3.05) is 26.4 Å². The average Bonchev–Trinajstić information content (AvgIpc) is 3.43. The summed E-state index contributed by atoms with van der Waals surface area (Å²) in [5.41, 5.74) is 0. The van der Waals surface area contributed by atoms with Crippen LogP contribution in [0.2, 0.25) is 0 Å². The molecule has 78 heavy (non-hydrogen) atoms. The Hall–Kier alpha value is -4.90. The zero-order valence-corrected chi connectivity index (χ0v) is 49.2. The fraction of sp³-hybridized carbons (Fsp3) is 0.561. The number of aliphatic hydroxyl groups is 1. The van der Waals surface area contributed by atoms with E-state index in [1.807, 2.05) is 12.2 Å². The molecule has 0 aromatic heterocycles. The van der Waals surface area contributed by atoms with Crippen LogP contribution in [0.4, 0.5) is 0 Å². The minimum atomic E-state index is -4.79. The van der Waals surface area contributed by atoms with Crippen molar-refractivity contribution in [3.8, 4) is 0 Å². The van der Waals surface area contributed by atoms with Crippen molar-refractivity contribution in [2.24, 2.45) is 0 Å². The van der Waals surface area contributed by atoms with Gasteiger partial charge < -0.3 is 24.2 Å².